The molecule has 0 unspecified atom stereocenters. The number of aromatic amines is 1. The molecular formula is C24H34Cl2N4O2. The number of benzene rings is 1. The quantitative estimate of drug-likeness (QED) is 0.588. The van der Waals surface area contributed by atoms with E-state index in [1.54, 1.807) is 6.07 Å². The van der Waals surface area contributed by atoms with E-state index >= 15 is 0 Å². The van der Waals surface area contributed by atoms with Gasteiger partial charge in [-0.15, -0.1) is 12.4 Å². The fourth-order valence-corrected chi connectivity index (χ4v) is 5.11. The van der Waals surface area contributed by atoms with Crippen LogP contribution in [-0.2, 0) is 4.79 Å². The Balaban J connectivity index is 0.00000289. The highest BCUT2D eigenvalue weighted by atomic mass is 35.5. The Morgan fingerprint density at radius 3 is 2.34 bits per heavy atom. The Labute approximate surface area is 201 Å². The molecule has 2 amide bonds. The highest BCUT2D eigenvalue weighted by molar-refractivity contribution is 6.31. The number of rotatable bonds is 5. The number of carbonyl (C=O) groups excluding carboxylic acids is 2. The molecule has 0 radical (unpaired) electrons. The van der Waals surface area contributed by atoms with Crippen molar-refractivity contribution in [3.63, 3.8) is 0 Å². The molecule has 1 aliphatic heterocycles. The number of aromatic nitrogens is 1. The summed E-state index contributed by atoms with van der Waals surface area (Å²) < 4.78 is 0. The molecule has 1 saturated carbocycles. The fraction of sp³-hybridized carbons (Fsp3) is 0.583. The molecule has 1 aromatic carbocycles. The first-order valence-corrected chi connectivity index (χ1v) is 11.9. The van der Waals surface area contributed by atoms with Crippen molar-refractivity contribution in [1.29, 1.82) is 0 Å². The molecule has 1 aromatic heterocycles. The van der Waals surface area contributed by atoms with Crippen molar-refractivity contribution in [2.24, 2.45) is 5.92 Å². The second-order valence-corrected chi connectivity index (χ2v) is 9.73. The Morgan fingerprint density at radius 1 is 1.03 bits per heavy atom. The number of hydrogen-bond donors (Lipinski definition) is 3. The van der Waals surface area contributed by atoms with Crippen LogP contribution in [0.4, 0.5) is 0 Å². The topological polar surface area (TPSA) is 77.2 Å². The van der Waals surface area contributed by atoms with Crippen LogP contribution in [-0.4, -0.2) is 52.9 Å². The number of piperidine rings is 1. The van der Waals surface area contributed by atoms with Crippen LogP contribution in [0.3, 0.4) is 0 Å². The second kappa shape index (κ2) is 10.9. The van der Waals surface area contributed by atoms with E-state index in [4.69, 9.17) is 11.6 Å². The lowest BCUT2D eigenvalue weighted by Gasteiger charge is -2.36. The van der Waals surface area contributed by atoms with E-state index < -0.39 is 0 Å². The van der Waals surface area contributed by atoms with E-state index in [0.717, 1.165) is 62.5 Å². The van der Waals surface area contributed by atoms with Crippen molar-refractivity contribution >= 4 is 46.7 Å². The number of carbonyl (C=O) groups is 2. The molecule has 32 heavy (non-hydrogen) atoms. The number of nitrogens with zero attached hydrogens (tertiary/aromatic N) is 1. The second-order valence-electron chi connectivity index (χ2n) is 9.30. The average Bonchev–Trinajstić information content (AvgIpc) is 3.18. The van der Waals surface area contributed by atoms with Gasteiger partial charge in [-0.3, -0.25) is 9.59 Å². The summed E-state index contributed by atoms with van der Waals surface area (Å²) in [5.41, 5.74) is 1.41. The minimum absolute atomic E-state index is 0. The van der Waals surface area contributed by atoms with E-state index in [1.807, 2.05) is 18.2 Å². The van der Waals surface area contributed by atoms with Crippen molar-refractivity contribution in [3.05, 3.63) is 35.0 Å². The predicted octanol–water partition coefficient (Wildman–Crippen LogP) is 4.52. The van der Waals surface area contributed by atoms with Crippen molar-refractivity contribution in [2.75, 3.05) is 13.1 Å². The summed E-state index contributed by atoms with van der Waals surface area (Å²) in [5, 5.41) is 8.00. The van der Waals surface area contributed by atoms with Gasteiger partial charge in [-0.05, 0) is 76.9 Å². The third-order valence-electron chi connectivity index (χ3n) is 6.87. The van der Waals surface area contributed by atoms with E-state index in [1.165, 1.54) is 0 Å². The fourth-order valence-electron chi connectivity index (χ4n) is 4.93. The first-order chi connectivity index (χ1) is 14.9. The van der Waals surface area contributed by atoms with Gasteiger partial charge in [0.2, 0.25) is 5.91 Å². The molecule has 2 aromatic rings. The van der Waals surface area contributed by atoms with E-state index in [0.29, 0.717) is 16.8 Å². The van der Waals surface area contributed by atoms with Gasteiger partial charge in [-0.25, -0.2) is 0 Å². The summed E-state index contributed by atoms with van der Waals surface area (Å²) in [4.78, 5) is 31.4. The summed E-state index contributed by atoms with van der Waals surface area (Å²) in [6.07, 6.45) is 5.75. The Bertz CT molecular complexity index is 937. The number of nitrogens with one attached hydrogen (secondary N) is 3. The first-order valence-electron chi connectivity index (χ1n) is 11.5. The van der Waals surface area contributed by atoms with Crippen LogP contribution in [0, 0.1) is 5.92 Å². The van der Waals surface area contributed by atoms with Crippen LogP contribution in [0.25, 0.3) is 10.9 Å². The zero-order chi connectivity index (χ0) is 22.0. The summed E-state index contributed by atoms with van der Waals surface area (Å²) in [5.74, 6) is 0.0882. The lowest BCUT2D eigenvalue weighted by Crippen LogP contribution is -2.55. The maximum Gasteiger partial charge on any atom is 0.268 e. The molecule has 4 rings (SSSR count). The lowest BCUT2D eigenvalue weighted by atomic mass is 9.88. The Kier molecular flexibility index (Phi) is 8.48. The van der Waals surface area contributed by atoms with Crippen molar-refractivity contribution < 1.29 is 9.59 Å². The molecule has 2 fully saturated rings. The van der Waals surface area contributed by atoms with Gasteiger partial charge in [-0.1, -0.05) is 24.4 Å². The van der Waals surface area contributed by atoms with Gasteiger partial charge < -0.3 is 20.5 Å². The van der Waals surface area contributed by atoms with Crippen LogP contribution >= 0.6 is 24.0 Å². The molecule has 2 atom stereocenters. The van der Waals surface area contributed by atoms with Crippen molar-refractivity contribution in [3.8, 4) is 0 Å². The van der Waals surface area contributed by atoms with E-state index in [2.05, 4.69) is 34.4 Å². The van der Waals surface area contributed by atoms with Crippen molar-refractivity contribution in [2.45, 2.75) is 70.5 Å². The number of hydrogen-bond acceptors (Lipinski definition) is 3. The largest absolute Gasteiger partial charge is 0.351 e. The maximum atomic E-state index is 12.9. The molecule has 2 aliphatic rings. The smallest absolute Gasteiger partial charge is 0.268 e. The zero-order valence-corrected chi connectivity index (χ0v) is 20.4. The molecule has 1 saturated heterocycles. The molecular weight excluding hydrogens is 447 g/mol. The average molecular weight is 481 g/mol. The molecule has 0 spiro atoms. The molecule has 6 nitrogen and oxygen atoms in total. The predicted molar refractivity (Wildman–Crippen MR) is 132 cm³/mol. The first kappa shape index (κ1) is 24.9. The van der Waals surface area contributed by atoms with Crippen molar-refractivity contribution in [1.82, 2.24) is 20.5 Å². The standard InChI is InChI=1S/C24H33ClN4O2.ClH/c1-15(2)29-11-9-16(10-12-29)23(30)27-20-5-3-4-6-21(20)28-24(31)22-14-17-13-18(25)7-8-19(17)26-22;/h7-8,13-16,20-21,26H,3-6,9-12H2,1-2H3,(H,27,30)(H,28,31);1H/t20-,21+;/m0./s1. The van der Waals surface area contributed by atoms with E-state index in [-0.39, 0.29) is 42.2 Å². The lowest BCUT2D eigenvalue weighted by molar-refractivity contribution is -0.127. The van der Waals surface area contributed by atoms with Crippen LogP contribution in [0.5, 0.6) is 0 Å². The third-order valence-corrected chi connectivity index (χ3v) is 7.10. The maximum absolute atomic E-state index is 12.9. The Hall–Kier alpha value is -1.76. The van der Waals surface area contributed by atoms with Crippen LogP contribution in [0.15, 0.2) is 24.3 Å². The van der Waals surface area contributed by atoms with Gasteiger partial charge >= 0.3 is 0 Å². The zero-order valence-electron chi connectivity index (χ0n) is 18.8. The number of H-pyrrole nitrogens is 1. The van der Waals surface area contributed by atoms with Crippen LogP contribution < -0.4 is 10.6 Å². The number of amides is 2. The number of likely N-dealkylation sites (tertiary alicyclic amines) is 1. The van der Waals surface area contributed by atoms with E-state index in [9.17, 15) is 9.59 Å². The minimum atomic E-state index is -0.135. The molecule has 0 bridgehead atoms. The SMILES string of the molecule is CC(C)N1CCC(C(=O)N[C@H]2CCCC[C@H]2NC(=O)c2cc3cc(Cl)ccc3[nH]2)CC1.Cl. The highest BCUT2D eigenvalue weighted by Gasteiger charge is 2.32. The molecule has 8 heteroatoms. The van der Waals surface area contributed by atoms with Gasteiger partial charge in [0.1, 0.15) is 5.69 Å². The normalized spacial score (nSPS) is 22.5. The number of halogens is 2. The van der Waals surface area contributed by atoms with Crippen LogP contribution in [0.2, 0.25) is 5.02 Å². The minimum Gasteiger partial charge on any atom is -0.351 e. The summed E-state index contributed by atoms with van der Waals surface area (Å²) in [6.45, 7) is 6.37. The summed E-state index contributed by atoms with van der Waals surface area (Å²) in [7, 11) is 0. The van der Waals surface area contributed by atoms with Gasteiger partial charge in [-0.2, -0.15) is 0 Å². The van der Waals surface area contributed by atoms with Gasteiger partial charge in [0.25, 0.3) is 5.91 Å². The number of fused-ring (bicyclic) bond motifs is 1. The Morgan fingerprint density at radius 2 is 1.69 bits per heavy atom. The third kappa shape index (κ3) is 5.77. The summed E-state index contributed by atoms with van der Waals surface area (Å²) >= 11 is 6.06. The highest BCUT2D eigenvalue weighted by Crippen LogP contribution is 2.24. The monoisotopic (exact) mass is 480 g/mol. The van der Waals surface area contributed by atoms with Gasteiger partial charge in [0.05, 0.1) is 0 Å². The summed E-state index contributed by atoms with van der Waals surface area (Å²) in [6, 6.07) is 7.84. The van der Waals surface area contributed by atoms with Gasteiger partial charge in [0, 0.05) is 40.0 Å². The molecule has 176 valence electrons. The molecule has 1 aliphatic carbocycles. The van der Waals surface area contributed by atoms with Crippen LogP contribution in [0.1, 0.15) is 62.9 Å². The molecule has 2 heterocycles. The van der Waals surface area contributed by atoms with Gasteiger partial charge in [0.15, 0.2) is 0 Å². The molecule has 3 N–H and O–H groups in total.